The lowest BCUT2D eigenvalue weighted by atomic mass is 9.96. The third-order valence-electron chi connectivity index (χ3n) is 3.24. The van der Waals surface area contributed by atoms with Crippen LogP contribution in [0, 0.1) is 0 Å². The maximum absolute atomic E-state index is 11.7. The number of hydrogen-bond donors (Lipinski definition) is 2. The first-order valence-electron chi connectivity index (χ1n) is 6.61. The number of rotatable bonds is 6. The van der Waals surface area contributed by atoms with Gasteiger partial charge in [-0.1, -0.05) is 11.6 Å². The molecule has 0 bridgehead atoms. The van der Waals surface area contributed by atoms with Gasteiger partial charge in [-0.2, -0.15) is 0 Å². The Hall–Kier alpha value is -1.26. The lowest BCUT2D eigenvalue weighted by Gasteiger charge is -2.25. The number of ether oxygens (including phenoxy) is 1. The predicted octanol–water partition coefficient (Wildman–Crippen LogP) is 3.21. The molecule has 1 aromatic rings. The molecule has 0 aliphatic heterocycles. The van der Waals surface area contributed by atoms with Gasteiger partial charge in [-0.3, -0.25) is 4.79 Å². The molecule has 0 heterocycles. The molecule has 5 heteroatoms. The van der Waals surface area contributed by atoms with Crippen molar-refractivity contribution in [2.24, 2.45) is 0 Å². The van der Waals surface area contributed by atoms with Crippen LogP contribution in [0.1, 0.15) is 32.1 Å². The number of halogens is 1. The second-order valence-corrected chi connectivity index (χ2v) is 5.24. The molecule has 0 saturated heterocycles. The van der Waals surface area contributed by atoms with Crippen LogP contribution in [0.5, 0.6) is 0 Å². The average molecular weight is 283 g/mol. The maximum Gasteiger partial charge on any atom is 0.224 e. The number of anilines is 2. The highest BCUT2D eigenvalue weighted by molar-refractivity contribution is 6.31. The first kappa shape index (κ1) is 14.2. The molecule has 0 aromatic heterocycles. The van der Waals surface area contributed by atoms with Gasteiger partial charge in [0.15, 0.2) is 0 Å². The zero-order chi connectivity index (χ0) is 13.7. The van der Waals surface area contributed by atoms with E-state index in [1.165, 1.54) is 6.42 Å². The Bertz CT molecular complexity index is 447. The van der Waals surface area contributed by atoms with Gasteiger partial charge >= 0.3 is 0 Å². The van der Waals surface area contributed by atoms with Crippen molar-refractivity contribution in [3.05, 3.63) is 23.2 Å². The van der Waals surface area contributed by atoms with Crippen LogP contribution < -0.4 is 11.1 Å². The highest BCUT2D eigenvalue weighted by Gasteiger charge is 2.17. The number of nitrogens with one attached hydrogen (secondary N) is 1. The van der Waals surface area contributed by atoms with Crippen molar-refractivity contribution >= 4 is 28.9 Å². The van der Waals surface area contributed by atoms with E-state index < -0.39 is 0 Å². The minimum Gasteiger partial charge on any atom is -0.397 e. The van der Waals surface area contributed by atoms with Gasteiger partial charge in [0.05, 0.1) is 17.5 Å². The van der Waals surface area contributed by atoms with Gasteiger partial charge < -0.3 is 15.8 Å². The monoisotopic (exact) mass is 282 g/mol. The van der Waals surface area contributed by atoms with E-state index >= 15 is 0 Å². The molecule has 1 amide bonds. The second-order valence-electron chi connectivity index (χ2n) is 4.81. The van der Waals surface area contributed by atoms with Crippen LogP contribution >= 0.6 is 11.6 Å². The third-order valence-corrected chi connectivity index (χ3v) is 3.48. The molecule has 1 aromatic carbocycles. The Kier molecular flexibility index (Phi) is 5.05. The molecular formula is C14H19ClN2O2. The van der Waals surface area contributed by atoms with E-state index in [-0.39, 0.29) is 5.91 Å². The van der Waals surface area contributed by atoms with Gasteiger partial charge in [0, 0.05) is 18.1 Å². The number of amides is 1. The SMILES string of the molecule is Nc1ccc(Cl)cc1NC(=O)CCCOC1CCC1. The smallest absolute Gasteiger partial charge is 0.224 e. The van der Waals surface area contributed by atoms with Crippen LogP contribution in [0.2, 0.25) is 5.02 Å². The number of carbonyl (C=O) groups excluding carboxylic acids is 1. The minimum atomic E-state index is -0.0637. The Morgan fingerprint density at radius 1 is 1.47 bits per heavy atom. The summed E-state index contributed by atoms with van der Waals surface area (Å²) in [6.07, 6.45) is 5.16. The zero-order valence-electron chi connectivity index (χ0n) is 10.8. The molecule has 0 spiro atoms. The van der Waals surface area contributed by atoms with E-state index in [1.807, 2.05) is 0 Å². The molecule has 0 unspecified atom stereocenters. The highest BCUT2D eigenvalue weighted by atomic mass is 35.5. The van der Waals surface area contributed by atoms with Crippen molar-refractivity contribution in [1.29, 1.82) is 0 Å². The quantitative estimate of drug-likeness (QED) is 0.622. The van der Waals surface area contributed by atoms with Crippen molar-refractivity contribution in [1.82, 2.24) is 0 Å². The van der Waals surface area contributed by atoms with Crippen molar-refractivity contribution in [2.45, 2.75) is 38.2 Å². The summed E-state index contributed by atoms with van der Waals surface area (Å²) in [5.74, 6) is -0.0637. The Morgan fingerprint density at radius 3 is 2.95 bits per heavy atom. The molecule has 104 valence electrons. The molecule has 0 atom stereocenters. The average Bonchev–Trinajstić information content (AvgIpc) is 2.31. The fourth-order valence-corrected chi connectivity index (χ4v) is 2.04. The van der Waals surface area contributed by atoms with Gasteiger partial charge in [0.25, 0.3) is 0 Å². The van der Waals surface area contributed by atoms with E-state index in [9.17, 15) is 4.79 Å². The molecule has 4 nitrogen and oxygen atoms in total. The predicted molar refractivity (Wildman–Crippen MR) is 77.3 cm³/mol. The van der Waals surface area contributed by atoms with Gasteiger partial charge in [0.1, 0.15) is 0 Å². The first-order valence-corrected chi connectivity index (χ1v) is 6.99. The Balaban J connectivity index is 1.69. The van der Waals surface area contributed by atoms with Crippen LogP contribution in [0.15, 0.2) is 18.2 Å². The topological polar surface area (TPSA) is 64.3 Å². The highest BCUT2D eigenvalue weighted by Crippen LogP contribution is 2.23. The molecule has 1 saturated carbocycles. The number of benzene rings is 1. The molecule has 3 N–H and O–H groups in total. The Morgan fingerprint density at radius 2 is 2.26 bits per heavy atom. The van der Waals surface area contributed by atoms with Gasteiger partial charge in [-0.15, -0.1) is 0 Å². The van der Waals surface area contributed by atoms with E-state index in [4.69, 9.17) is 22.1 Å². The second kappa shape index (κ2) is 6.78. The zero-order valence-corrected chi connectivity index (χ0v) is 11.6. The van der Waals surface area contributed by atoms with Crippen LogP contribution in [0.4, 0.5) is 11.4 Å². The van der Waals surface area contributed by atoms with Crippen molar-refractivity contribution in [3.8, 4) is 0 Å². The fourth-order valence-electron chi connectivity index (χ4n) is 1.87. The van der Waals surface area contributed by atoms with Gasteiger partial charge in [0.2, 0.25) is 5.91 Å². The number of nitrogens with two attached hydrogens (primary N) is 1. The molecule has 0 radical (unpaired) electrons. The summed E-state index contributed by atoms with van der Waals surface area (Å²) in [5, 5.41) is 3.32. The first-order chi connectivity index (χ1) is 9.15. The summed E-state index contributed by atoms with van der Waals surface area (Å²) in [5.41, 5.74) is 6.84. The van der Waals surface area contributed by atoms with Crippen LogP contribution in [0.3, 0.4) is 0 Å². The summed E-state index contributed by atoms with van der Waals surface area (Å²) < 4.78 is 5.60. The number of carbonyl (C=O) groups is 1. The standard InChI is InChI=1S/C14H19ClN2O2/c15-10-6-7-12(16)13(9-10)17-14(18)5-2-8-19-11-3-1-4-11/h6-7,9,11H,1-5,8,16H2,(H,17,18). The molecule has 1 aliphatic rings. The molecule has 1 aliphatic carbocycles. The van der Waals surface area contributed by atoms with Crippen LogP contribution in [-0.4, -0.2) is 18.6 Å². The van der Waals surface area contributed by atoms with E-state index in [0.29, 0.717) is 35.5 Å². The van der Waals surface area contributed by atoms with Gasteiger partial charge in [-0.05, 0) is 43.9 Å². The largest absolute Gasteiger partial charge is 0.397 e. The summed E-state index contributed by atoms with van der Waals surface area (Å²) in [6, 6.07) is 5.02. The molecule has 19 heavy (non-hydrogen) atoms. The molecule has 1 fully saturated rings. The lowest BCUT2D eigenvalue weighted by Crippen LogP contribution is -2.22. The summed E-state index contributed by atoms with van der Waals surface area (Å²) in [6.45, 7) is 0.642. The van der Waals surface area contributed by atoms with Crippen molar-refractivity contribution in [3.63, 3.8) is 0 Å². The lowest BCUT2D eigenvalue weighted by molar-refractivity contribution is -0.116. The maximum atomic E-state index is 11.7. The van der Waals surface area contributed by atoms with Crippen molar-refractivity contribution in [2.75, 3.05) is 17.7 Å². The van der Waals surface area contributed by atoms with Crippen molar-refractivity contribution < 1.29 is 9.53 Å². The Labute approximate surface area is 118 Å². The summed E-state index contributed by atoms with van der Waals surface area (Å²) in [7, 11) is 0. The van der Waals surface area contributed by atoms with E-state index in [1.54, 1.807) is 18.2 Å². The number of nitrogen functional groups attached to an aromatic ring is 1. The van der Waals surface area contributed by atoms with Gasteiger partial charge in [-0.25, -0.2) is 0 Å². The molecular weight excluding hydrogens is 264 g/mol. The fraction of sp³-hybridized carbons (Fsp3) is 0.500. The third kappa shape index (κ3) is 4.40. The van der Waals surface area contributed by atoms with E-state index in [0.717, 1.165) is 19.3 Å². The van der Waals surface area contributed by atoms with Crippen LogP contribution in [-0.2, 0) is 9.53 Å². The number of hydrogen-bond acceptors (Lipinski definition) is 3. The van der Waals surface area contributed by atoms with E-state index in [2.05, 4.69) is 5.32 Å². The summed E-state index contributed by atoms with van der Waals surface area (Å²) in [4.78, 5) is 11.7. The molecule has 2 rings (SSSR count). The van der Waals surface area contributed by atoms with Crippen LogP contribution in [0.25, 0.3) is 0 Å². The normalized spacial score (nSPS) is 15.0. The minimum absolute atomic E-state index is 0.0637. The summed E-state index contributed by atoms with van der Waals surface area (Å²) >= 11 is 5.86.